The summed E-state index contributed by atoms with van der Waals surface area (Å²) in [4.78, 5) is 23.3. The Hall–Kier alpha value is -3.54. The molecule has 0 N–H and O–H groups in total. The standard InChI is InChI=1S/C22H19N5O/c28-22(17-4-2-1-3-5-17)26-13-10-19(14-26)21-24-20-7-6-18(15-27(20)25-21)16-8-11-23-12-9-16/h1-9,11-12,15,19H,10,13-14H2/t19-/m1/s1. The number of carbonyl (C=O) groups excluding carboxylic acids is 1. The third-order valence-corrected chi connectivity index (χ3v) is 5.22. The van der Waals surface area contributed by atoms with E-state index in [0.29, 0.717) is 6.54 Å². The molecule has 1 aromatic carbocycles. The second kappa shape index (κ2) is 6.88. The summed E-state index contributed by atoms with van der Waals surface area (Å²) in [7, 11) is 0. The van der Waals surface area contributed by atoms with Crippen LogP contribution in [0.2, 0.25) is 0 Å². The summed E-state index contributed by atoms with van der Waals surface area (Å²) in [5, 5.41) is 4.70. The lowest BCUT2D eigenvalue weighted by atomic mass is 10.1. The minimum Gasteiger partial charge on any atom is -0.338 e. The van der Waals surface area contributed by atoms with Crippen molar-refractivity contribution >= 4 is 11.6 Å². The van der Waals surface area contributed by atoms with E-state index in [-0.39, 0.29) is 11.8 Å². The van der Waals surface area contributed by atoms with Crippen LogP contribution in [0.1, 0.15) is 28.5 Å². The number of rotatable bonds is 3. The Morgan fingerprint density at radius 2 is 1.79 bits per heavy atom. The summed E-state index contributed by atoms with van der Waals surface area (Å²) in [5.41, 5.74) is 3.71. The van der Waals surface area contributed by atoms with E-state index in [1.807, 2.05) is 70.2 Å². The molecule has 1 amide bonds. The Bertz CT molecular complexity index is 1120. The summed E-state index contributed by atoms with van der Waals surface area (Å²) >= 11 is 0. The highest BCUT2D eigenvalue weighted by molar-refractivity contribution is 5.94. The van der Waals surface area contributed by atoms with Crippen molar-refractivity contribution in [1.82, 2.24) is 24.5 Å². The van der Waals surface area contributed by atoms with Gasteiger partial charge in [-0.15, -0.1) is 0 Å². The molecule has 3 aromatic heterocycles. The number of benzene rings is 1. The molecule has 28 heavy (non-hydrogen) atoms. The average molecular weight is 369 g/mol. The maximum atomic E-state index is 12.7. The normalized spacial score (nSPS) is 16.6. The molecule has 4 aromatic rings. The van der Waals surface area contributed by atoms with E-state index >= 15 is 0 Å². The van der Waals surface area contributed by atoms with E-state index in [0.717, 1.165) is 41.1 Å². The molecule has 1 atom stereocenters. The lowest BCUT2D eigenvalue weighted by molar-refractivity contribution is 0.0790. The van der Waals surface area contributed by atoms with E-state index in [9.17, 15) is 4.79 Å². The lowest BCUT2D eigenvalue weighted by Gasteiger charge is -2.15. The average Bonchev–Trinajstić information content (AvgIpc) is 3.41. The molecular weight excluding hydrogens is 350 g/mol. The fraction of sp³-hybridized carbons (Fsp3) is 0.182. The number of aromatic nitrogens is 4. The fourth-order valence-corrected chi connectivity index (χ4v) is 3.71. The van der Waals surface area contributed by atoms with Crippen molar-refractivity contribution in [3.05, 3.63) is 84.6 Å². The molecule has 0 aliphatic carbocycles. The van der Waals surface area contributed by atoms with Crippen LogP contribution in [0.15, 0.2) is 73.2 Å². The smallest absolute Gasteiger partial charge is 0.253 e. The van der Waals surface area contributed by atoms with Crippen molar-refractivity contribution in [1.29, 1.82) is 0 Å². The van der Waals surface area contributed by atoms with Crippen molar-refractivity contribution < 1.29 is 4.79 Å². The van der Waals surface area contributed by atoms with Crippen LogP contribution < -0.4 is 0 Å². The Morgan fingerprint density at radius 3 is 2.61 bits per heavy atom. The van der Waals surface area contributed by atoms with E-state index in [4.69, 9.17) is 10.1 Å². The molecule has 0 unspecified atom stereocenters. The third-order valence-electron chi connectivity index (χ3n) is 5.22. The topological polar surface area (TPSA) is 63.4 Å². The Kier molecular flexibility index (Phi) is 4.09. The van der Waals surface area contributed by atoms with Crippen LogP contribution in [-0.4, -0.2) is 43.5 Å². The van der Waals surface area contributed by atoms with E-state index in [1.54, 1.807) is 12.4 Å². The molecule has 6 nitrogen and oxygen atoms in total. The van der Waals surface area contributed by atoms with Gasteiger partial charge in [0.2, 0.25) is 0 Å². The predicted molar refractivity (Wildman–Crippen MR) is 106 cm³/mol. The van der Waals surface area contributed by atoms with Crippen LogP contribution >= 0.6 is 0 Å². The van der Waals surface area contributed by atoms with Crippen molar-refractivity contribution in [3.63, 3.8) is 0 Å². The van der Waals surface area contributed by atoms with Crippen molar-refractivity contribution in [2.75, 3.05) is 13.1 Å². The quantitative estimate of drug-likeness (QED) is 0.555. The number of pyridine rings is 2. The molecule has 0 radical (unpaired) electrons. The molecule has 0 bridgehead atoms. The van der Waals surface area contributed by atoms with Gasteiger partial charge in [-0.2, -0.15) is 5.10 Å². The number of hydrogen-bond acceptors (Lipinski definition) is 4. The molecule has 6 heteroatoms. The molecule has 1 saturated heterocycles. The first-order valence-corrected chi connectivity index (χ1v) is 9.39. The van der Waals surface area contributed by atoms with Crippen LogP contribution in [0.5, 0.6) is 0 Å². The fourth-order valence-electron chi connectivity index (χ4n) is 3.71. The van der Waals surface area contributed by atoms with Gasteiger partial charge in [-0.25, -0.2) is 9.50 Å². The summed E-state index contributed by atoms with van der Waals surface area (Å²) < 4.78 is 1.83. The monoisotopic (exact) mass is 369 g/mol. The minimum atomic E-state index is 0.0758. The number of hydrogen-bond donors (Lipinski definition) is 0. The van der Waals surface area contributed by atoms with Crippen LogP contribution in [0, 0.1) is 0 Å². The predicted octanol–water partition coefficient (Wildman–Crippen LogP) is 3.42. The van der Waals surface area contributed by atoms with Gasteiger partial charge in [-0.1, -0.05) is 18.2 Å². The van der Waals surface area contributed by atoms with Crippen LogP contribution in [0.3, 0.4) is 0 Å². The van der Waals surface area contributed by atoms with E-state index in [2.05, 4.69) is 4.98 Å². The van der Waals surface area contributed by atoms with Crippen LogP contribution in [-0.2, 0) is 0 Å². The lowest BCUT2D eigenvalue weighted by Crippen LogP contribution is -2.28. The second-order valence-corrected chi connectivity index (χ2v) is 7.03. The SMILES string of the molecule is O=C(c1ccccc1)N1CC[C@@H](c2nc3ccc(-c4ccncc4)cn3n2)C1. The number of fused-ring (bicyclic) bond motifs is 1. The highest BCUT2D eigenvalue weighted by atomic mass is 16.2. The summed E-state index contributed by atoms with van der Waals surface area (Å²) in [6.07, 6.45) is 6.43. The number of nitrogens with zero attached hydrogens (tertiary/aromatic N) is 5. The van der Waals surface area contributed by atoms with E-state index in [1.165, 1.54) is 0 Å². The van der Waals surface area contributed by atoms with Crippen LogP contribution in [0.4, 0.5) is 0 Å². The molecular formula is C22H19N5O. The zero-order valence-corrected chi connectivity index (χ0v) is 15.3. The minimum absolute atomic E-state index is 0.0758. The summed E-state index contributed by atoms with van der Waals surface area (Å²) in [6.45, 7) is 1.39. The van der Waals surface area contributed by atoms with Crippen molar-refractivity contribution in [2.45, 2.75) is 12.3 Å². The zero-order chi connectivity index (χ0) is 18.9. The van der Waals surface area contributed by atoms with Crippen molar-refractivity contribution in [2.24, 2.45) is 0 Å². The Labute approximate surface area is 162 Å². The van der Waals surface area contributed by atoms with Gasteiger partial charge in [0.15, 0.2) is 11.5 Å². The summed E-state index contributed by atoms with van der Waals surface area (Å²) in [5.74, 6) is 1.04. The first-order chi connectivity index (χ1) is 13.8. The largest absolute Gasteiger partial charge is 0.338 e. The maximum absolute atomic E-state index is 12.7. The highest BCUT2D eigenvalue weighted by Gasteiger charge is 2.30. The van der Waals surface area contributed by atoms with Gasteiger partial charge in [0, 0.05) is 48.7 Å². The molecule has 138 valence electrons. The molecule has 4 heterocycles. The first kappa shape index (κ1) is 16.6. The second-order valence-electron chi connectivity index (χ2n) is 7.03. The van der Waals surface area contributed by atoms with Gasteiger partial charge in [0.1, 0.15) is 0 Å². The molecule has 1 aliphatic rings. The highest BCUT2D eigenvalue weighted by Crippen LogP contribution is 2.27. The molecule has 0 spiro atoms. The van der Waals surface area contributed by atoms with Crippen LogP contribution in [0.25, 0.3) is 16.8 Å². The molecule has 0 saturated carbocycles. The van der Waals surface area contributed by atoms with Gasteiger partial charge in [0.25, 0.3) is 5.91 Å². The third kappa shape index (κ3) is 3.03. The molecule has 1 fully saturated rings. The molecule has 1 aliphatic heterocycles. The number of carbonyl (C=O) groups is 1. The Morgan fingerprint density at radius 1 is 0.964 bits per heavy atom. The summed E-state index contributed by atoms with van der Waals surface area (Å²) in [6, 6.07) is 17.4. The van der Waals surface area contributed by atoms with E-state index < -0.39 is 0 Å². The van der Waals surface area contributed by atoms with Gasteiger partial charge in [0.05, 0.1) is 0 Å². The van der Waals surface area contributed by atoms with Gasteiger partial charge in [-0.05, 0) is 48.4 Å². The van der Waals surface area contributed by atoms with Gasteiger partial charge >= 0.3 is 0 Å². The number of likely N-dealkylation sites (tertiary alicyclic amines) is 1. The number of amides is 1. The Balaban J connectivity index is 1.37. The zero-order valence-electron chi connectivity index (χ0n) is 15.3. The van der Waals surface area contributed by atoms with Gasteiger partial charge < -0.3 is 4.90 Å². The maximum Gasteiger partial charge on any atom is 0.253 e. The first-order valence-electron chi connectivity index (χ1n) is 9.39. The van der Waals surface area contributed by atoms with Crippen molar-refractivity contribution in [3.8, 4) is 11.1 Å². The molecule has 5 rings (SSSR count). The van der Waals surface area contributed by atoms with Gasteiger partial charge in [-0.3, -0.25) is 9.78 Å².